The Morgan fingerprint density at radius 3 is 2.44 bits per heavy atom. The highest BCUT2D eigenvalue weighted by molar-refractivity contribution is 7.89. The summed E-state index contributed by atoms with van der Waals surface area (Å²) in [5.74, 6) is 2.11. The summed E-state index contributed by atoms with van der Waals surface area (Å²) in [6.45, 7) is 3.14. The maximum Gasteiger partial charge on any atom is 0.289 e. The van der Waals surface area contributed by atoms with Crippen molar-refractivity contribution < 1.29 is 13.3 Å². The maximum absolute atomic E-state index is 11.9. The highest BCUT2D eigenvalue weighted by Crippen LogP contribution is 2.26. The SMILES string of the molecule is C#CCNS(=O)(=O)c1cc(C)c(C)cc1[N+](=O)[O-]. The van der Waals surface area contributed by atoms with E-state index in [4.69, 9.17) is 6.42 Å². The Kier molecular flexibility index (Phi) is 4.06. The smallest absolute Gasteiger partial charge is 0.258 e. The van der Waals surface area contributed by atoms with Gasteiger partial charge in [0.25, 0.3) is 5.69 Å². The van der Waals surface area contributed by atoms with Gasteiger partial charge in [-0.15, -0.1) is 6.42 Å². The second-order valence-electron chi connectivity index (χ2n) is 3.69. The monoisotopic (exact) mass is 268 g/mol. The summed E-state index contributed by atoms with van der Waals surface area (Å²) in [5, 5.41) is 10.9. The molecule has 1 N–H and O–H groups in total. The molecule has 1 aromatic rings. The summed E-state index contributed by atoms with van der Waals surface area (Å²) in [4.78, 5) is 9.78. The third-order valence-electron chi connectivity index (χ3n) is 2.43. The molecule has 0 amide bonds. The molecule has 0 aliphatic carbocycles. The molecule has 7 heteroatoms. The maximum atomic E-state index is 11.9. The molecule has 1 rings (SSSR count). The van der Waals surface area contributed by atoms with Gasteiger partial charge in [0, 0.05) is 6.07 Å². The van der Waals surface area contributed by atoms with Crippen LogP contribution in [0.25, 0.3) is 0 Å². The number of benzene rings is 1. The molecule has 0 fully saturated rings. The van der Waals surface area contributed by atoms with E-state index in [1.54, 1.807) is 13.8 Å². The molecule has 6 nitrogen and oxygen atoms in total. The predicted octanol–water partition coefficient (Wildman–Crippen LogP) is 1.12. The largest absolute Gasteiger partial charge is 0.289 e. The molecule has 96 valence electrons. The molecule has 0 atom stereocenters. The number of rotatable bonds is 4. The van der Waals surface area contributed by atoms with Gasteiger partial charge < -0.3 is 0 Å². The molecule has 0 saturated heterocycles. The minimum Gasteiger partial charge on any atom is -0.258 e. The second-order valence-corrected chi connectivity index (χ2v) is 5.43. The molecule has 0 unspecified atom stereocenters. The zero-order chi connectivity index (χ0) is 13.9. The molecule has 0 heterocycles. The van der Waals surface area contributed by atoms with Crippen molar-refractivity contribution in [2.24, 2.45) is 0 Å². The van der Waals surface area contributed by atoms with E-state index in [1.165, 1.54) is 12.1 Å². The van der Waals surface area contributed by atoms with Crippen molar-refractivity contribution in [1.29, 1.82) is 0 Å². The zero-order valence-electron chi connectivity index (χ0n) is 9.93. The molecule has 0 bridgehead atoms. The number of hydrogen-bond acceptors (Lipinski definition) is 4. The molecule has 0 spiro atoms. The Bertz CT molecular complexity index is 629. The van der Waals surface area contributed by atoms with Crippen molar-refractivity contribution in [1.82, 2.24) is 4.72 Å². The van der Waals surface area contributed by atoms with Gasteiger partial charge in [-0.3, -0.25) is 10.1 Å². The first kappa shape index (κ1) is 14.2. The Morgan fingerprint density at radius 2 is 1.94 bits per heavy atom. The Hall–Kier alpha value is -1.91. The van der Waals surface area contributed by atoms with Crippen LogP contribution in [0.3, 0.4) is 0 Å². The Labute approximate surface area is 105 Å². The summed E-state index contributed by atoms with van der Waals surface area (Å²) in [7, 11) is -3.97. The fraction of sp³-hybridized carbons (Fsp3) is 0.273. The number of hydrogen-bond donors (Lipinski definition) is 1. The lowest BCUT2D eigenvalue weighted by Crippen LogP contribution is -2.25. The molecule has 1 aromatic carbocycles. The summed E-state index contributed by atoms with van der Waals surface area (Å²) in [5.41, 5.74) is 0.849. The minimum absolute atomic E-state index is 0.216. The highest BCUT2D eigenvalue weighted by Gasteiger charge is 2.26. The van der Waals surface area contributed by atoms with E-state index in [0.717, 1.165) is 0 Å². The molecule has 0 radical (unpaired) electrons. The van der Waals surface area contributed by atoms with Gasteiger partial charge in [0.05, 0.1) is 11.5 Å². The van der Waals surface area contributed by atoms with Crippen molar-refractivity contribution in [3.05, 3.63) is 33.4 Å². The number of aryl methyl sites for hydroxylation is 2. The van der Waals surface area contributed by atoms with E-state index in [0.29, 0.717) is 11.1 Å². The van der Waals surface area contributed by atoms with Gasteiger partial charge in [0.2, 0.25) is 10.0 Å². The van der Waals surface area contributed by atoms with Crippen LogP contribution in [-0.2, 0) is 10.0 Å². The number of nitro benzene ring substituents is 1. The third kappa shape index (κ3) is 2.85. The van der Waals surface area contributed by atoms with Crippen LogP contribution in [0.5, 0.6) is 0 Å². The lowest BCUT2D eigenvalue weighted by atomic mass is 10.1. The van der Waals surface area contributed by atoms with Crippen molar-refractivity contribution in [3.8, 4) is 12.3 Å². The van der Waals surface area contributed by atoms with Crippen LogP contribution < -0.4 is 4.72 Å². The van der Waals surface area contributed by atoms with Crippen LogP contribution >= 0.6 is 0 Å². The van der Waals surface area contributed by atoms with Crippen molar-refractivity contribution in [3.63, 3.8) is 0 Å². The van der Waals surface area contributed by atoms with Gasteiger partial charge in [0.1, 0.15) is 0 Å². The van der Waals surface area contributed by atoms with E-state index in [2.05, 4.69) is 10.6 Å². The zero-order valence-corrected chi connectivity index (χ0v) is 10.7. The van der Waals surface area contributed by atoms with Crippen molar-refractivity contribution in [2.75, 3.05) is 6.54 Å². The minimum atomic E-state index is -3.97. The van der Waals surface area contributed by atoms with Crippen LogP contribution in [0.4, 0.5) is 5.69 Å². The second kappa shape index (κ2) is 5.16. The van der Waals surface area contributed by atoms with E-state index in [-0.39, 0.29) is 11.4 Å². The standard InChI is InChI=1S/C11H12N2O4S/c1-4-5-12-18(16,17)11-7-9(3)8(2)6-10(11)13(14)15/h1,6-7,12H,5H2,2-3H3. The van der Waals surface area contributed by atoms with Crippen LogP contribution in [0.1, 0.15) is 11.1 Å². The summed E-state index contributed by atoms with van der Waals surface area (Å²) >= 11 is 0. The highest BCUT2D eigenvalue weighted by atomic mass is 32.2. The number of nitrogens with one attached hydrogen (secondary N) is 1. The van der Waals surface area contributed by atoms with Gasteiger partial charge in [0.15, 0.2) is 4.90 Å². The third-order valence-corrected chi connectivity index (χ3v) is 3.86. The summed E-state index contributed by atoms with van der Waals surface area (Å²) in [6, 6.07) is 2.51. The number of nitrogens with zero attached hydrogens (tertiary/aromatic N) is 1. The van der Waals surface area contributed by atoms with Crippen molar-refractivity contribution in [2.45, 2.75) is 18.7 Å². The van der Waals surface area contributed by atoms with Gasteiger partial charge >= 0.3 is 0 Å². The van der Waals surface area contributed by atoms with Crippen molar-refractivity contribution >= 4 is 15.7 Å². The first-order valence-electron chi connectivity index (χ1n) is 4.98. The van der Waals surface area contributed by atoms with E-state index in [9.17, 15) is 18.5 Å². The average Bonchev–Trinajstić information content (AvgIpc) is 2.29. The molecule has 18 heavy (non-hydrogen) atoms. The normalized spacial score (nSPS) is 10.9. The van der Waals surface area contributed by atoms with Gasteiger partial charge in [-0.1, -0.05) is 5.92 Å². The number of sulfonamides is 1. The molecule has 0 aliphatic rings. The lowest BCUT2D eigenvalue weighted by molar-refractivity contribution is -0.387. The van der Waals surface area contributed by atoms with Crippen LogP contribution in [0.2, 0.25) is 0 Å². The quantitative estimate of drug-likeness (QED) is 0.503. The van der Waals surface area contributed by atoms with Gasteiger partial charge in [-0.05, 0) is 31.0 Å². The van der Waals surface area contributed by atoms with Crippen LogP contribution in [0, 0.1) is 36.3 Å². The summed E-state index contributed by atoms with van der Waals surface area (Å²) in [6.07, 6.45) is 4.95. The summed E-state index contributed by atoms with van der Waals surface area (Å²) < 4.78 is 25.8. The fourth-order valence-corrected chi connectivity index (χ4v) is 2.52. The number of nitro groups is 1. The predicted molar refractivity (Wildman–Crippen MR) is 66.6 cm³/mol. The average molecular weight is 268 g/mol. The van der Waals surface area contributed by atoms with Crippen LogP contribution in [-0.4, -0.2) is 19.9 Å². The molecule has 0 aliphatic heterocycles. The lowest BCUT2D eigenvalue weighted by Gasteiger charge is -2.08. The molecule has 0 saturated carbocycles. The number of terminal acetylenes is 1. The molecular weight excluding hydrogens is 256 g/mol. The topological polar surface area (TPSA) is 89.3 Å². The molecule has 0 aromatic heterocycles. The Balaban J connectivity index is 3.45. The van der Waals surface area contributed by atoms with E-state index < -0.39 is 20.6 Å². The first-order valence-corrected chi connectivity index (χ1v) is 6.46. The van der Waals surface area contributed by atoms with E-state index >= 15 is 0 Å². The Morgan fingerprint density at radius 1 is 1.39 bits per heavy atom. The fourth-order valence-electron chi connectivity index (χ4n) is 1.35. The van der Waals surface area contributed by atoms with E-state index in [1.807, 2.05) is 0 Å². The van der Waals surface area contributed by atoms with Gasteiger partial charge in [-0.2, -0.15) is 4.72 Å². The molecular formula is C11H12N2O4S. The van der Waals surface area contributed by atoms with Crippen LogP contribution in [0.15, 0.2) is 17.0 Å². The first-order chi connectivity index (χ1) is 8.29. The van der Waals surface area contributed by atoms with Gasteiger partial charge in [-0.25, -0.2) is 8.42 Å².